The summed E-state index contributed by atoms with van der Waals surface area (Å²) in [5.41, 5.74) is 0. The van der Waals surface area contributed by atoms with Crippen LogP contribution in [0.3, 0.4) is 0 Å². The van der Waals surface area contributed by atoms with Crippen LogP contribution in [0.5, 0.6) is 0 Å². The molecule has 1 unspecified atom stereocenters. The van der Waals surface area contributed by atoms with Crippen LogP contribution in [-0.4, -0.2) is 38.8 Å². The van der Waals surface area contributed by atoms with E-state index in [1.54, 1.807) is 6.92 Å². The summed E-state index contributed by atoms with van der Waals surface area (Å²) in [5, 5.41) is 7.88. The summed E-state index contributed by atoms with van der Waals surface area (Å²) in [6, 6.07) is 0.333. The molecule has 2 heterocycles. The molecule has 2 rings (SSSR count). The Bertz CT molecular complexity index is 385. The number of carbonyl (C=O) groups is 1. The highest BCUT2D eigenvalue weighted by Gasteiger charge is 2.26. The second kappa shape index (κ2) is 4.86. The molecule has 0 amide bonds. The number of esters is 1. The molecule has 0 bridgehead atoms. The van der Waals surface area contributed by atoms with Crippen molar-refractivity contribution in [2.75, 3.05) is 18.1 Å². The van der Waals surface area contributed by atoms with E-state index in [1.165, 1.54) is 0 Å². The monoisotopic (exact) mass is 241 g/mol. The van der Waals surface area contributed by atoms with Crippen molar-refractivity contribution in [1.82, 2.24) is 14.8 Å². The minimum atomic E-state index is -0.375. The Morgan fingerprint density at radius 1 is 1.62 bits per heavy atom. The third kappa shape index (κ3) is 2.07. The predicted molar refractivity (Wildman–Crippen MR) is 61.7 cm³/mol. The predicted octanol–water partition coefficient (Wildman–Crippen LogP) is 1.44. The van der Waals surface area contributed by atoms with E-state index >= 15 is 0 Å². The van der Waals surface area contributed by atoms with Crippen LogP contribution in [0.25, 0.3) is 0 Å². The number of hydrogen-bond acceptors (Lipinski definition) is 5. The summed E-state index contributed by atoms with van der Waals surface area (Å²) in [4.78, 5) is 11.7. The molecule has 1 saturated heterocycles. The van der Waals surface area contributed by atoms with Crippen LogP contribution in [0.1, 0.15) is 35.8 Å². The van der Waals surface area contributed by atoms with Gasteiger partial charge in [0.1, 0.15) is 5.82 Å². The normalized spacial score (nSPS) is 20.0. The molecule has 1 aliphatic rings. The SMILES string of the molecule is CCOC(=O)c1nnc(C)n1C1CCSC1. The second-order valence-electron chi connectivity index (χ2n) is 3.68. The lowest BCUT2D eigenvalue weighted by Crippen LogP contribution is -2.18. The number of aryl methyl sites for hydroxylation is 1. The molecule has 0 aliphatic carbocycles. The highest BCUT2D eigenvalue weighted by Crippen LogP contribution is 2.29. The Balaban J connectivity index is 2.27. The molecule has 0 aromatic carbocycles. The average molecular weight is 241 g/mol. The van der Waals surface area contributed by atoms with Crippen molar-refractivity contribution >= 4 is 17.7 Å². The van der Waals surface area contributed by atoms with Crippen molar-refractivity contribution in [1.29, 1.82) is 0 Å². The fourth-order valence-corrected chi connectivity index (χ4v) is 3.06. The largest absolute Gasteiger partial charge is 0.460 e. The summed E-state index contributed by atoms with van der Waals surface area (Å²) in [6.07, 6.45) is 1.07. The maximum absolute atomic E-state index is 11.7. The first-order valence-electron chi connectivity index (χ1n) is 5.40. The Labute approximate surface area is 98.6 Å². The van der Waals surface area contributed by atoms with Gasteiger partial charge >= 0.3 is 5.97 Å². The fraction of sp³-hybridized carbons (Fsp3) is 0.700. The summed E-state index contributed by atoms with van der Waals surface area (Å²) in [6.45, 7) is 4.03. The quantitative estimate of drug-likeness (QED) is 0.749. The Kier molecular flexibility index (Phi) is 3.48. The maximum Gasteiger partial charge on any atom is 0.376 e. The molecule has 1 fully saturated rings. The third-order valence-corrected chi connectivity index (χ3v) is 3.74. The van der Waals surface area contributed by atoms with Crippen LogP contribution >= 0.6 is 11.8 Å². The maximum atomic E-state index is 11.7. The molecule has 1 aliphatic heterocycles. The lowest BCUT2D eigenvalue weighted by Gasteiger charge is -2.14. The Hall–Kier alpha value is -1.04. The zero-order chi connectivity index (χ0) is 11.5. The third-order valence-electron chi connectivity index (χ3n) is 2.60. The summed E-state index contributed by atoms with van der Waals surface area (Å²) < 4.78 is 6.89. The van der Waals surface area contributed by atoms with Crippen LogP contribution in [0.4, 0.5) is 0 Å². The van der Waals surface area contributed by atoms with Gasteiger partial charge in [0.25, 0.3) is 0 Å². The van der Waals surface area contributed by atoms with E-state index in [-0.39, 0.29) is 5.97 Å². The van der Waals surface area contributed by atoms with E-state index in [0.717, 1.165) is 23.8 Å². The number of aromatic nitrogens is 3. The minimum Gasteiger partial charge on any atom is -0.460 e. The van der Waals surface area contributed by atoms with Gasteiger partial charge in [0.05, 0.1) is 6.61 Å². The van der Waals surface area contributed by atoms with Gasteiger partial charge in [-0.15, -0.1) is 10.2 Å². The molecular weight excluding hydrogens is 226 g/mol. The molecule has 1 aromatic rings. The van der Waals surface area contributed by atoms with Crippen LogP contribution in [-0.2, 0) is 4.74 Å². The molecule has 88 valence electrons. The van der Waals surface area contributed by atoms with Crippen molar-refractivity contribution in [3.8, 4) is 0 Å². The van der Waals surface area contributed by atoms with Gasteiger partial charge in [-0.2, -0.15) is 11.8 Å². The molecule has 0 saturated carbocycles. The molecule has 1 aromatic heterocycles. The van der Waals surface area contributed by atoms with E-state index in [2.05, 4.69) is 10.2 Å². The van der Waals surface area contributed by atoms with Crippen molar-refractivity contribution in [2.45, 2.75) is 26.3 Å². The Morgan fingerprint density at radius 2 is 2.44 bits per heavy atom. The number of hydrogen-bond donors (Lipinski definition) is 0. The summed E-state index contributed by atoms with van der Waals surface area (Å²) in [5.74, 6) is 2.90. The smallest absolute Gasteiger partial charge is 0.376 e. The van der Waals surface area contributed by atoms with Crippen molar-refractivity contribution in [3.63, 3.8) is 0 Å². The van der Waals surface area contributed by atoms with Crippen LogP contribution in [0, 0.1) is 6.92 Å². The molecule has 0 radical (unpaired) electrons. The van der Waals surface area contributed by atoms with E-state index in [0.29, 0.717) is 18.5 Å². The number of carbonyl (C=O) groups excluding carboxylic acids is 1. The van der Waals surface area contributed by atoms with Gasteiger partial charge in [0.15, 0.2) is 0 Å². The topological polar surface area (TPSA) is 57.0 Å². The molecule has 6 heteroatoms. The average Bonchev–Trinajstić information content (AvgIpc) is 2.86. The van der Waals surface area contributed by atoms with E-state index in [9.17, 15) is 4.79 Å². The highest BCUT2D eigenvalue weighted by molar-refractivity contribution is 7.99. The molecular formula is C10H15N3O2S. The van der Waals surface area contributed by atoms with E-state index in [1.807, 2.05) is 23.3 Å². The Morgan fingerprint density at radius 3 is 3.06 bits per heavy atom. The van der Waals surface area contributed by atoms with E-state index < -0.39 is 0 Å². The van der Waals surface area contributed by atoms with Crippen LogP contribution < -0.4 is 0 Å². The number of thioether (sulfide) groups is 1. The minimum absolute atomic E-state index is 0.333. The zero-order valence-corrected chi connectivity index (χ0v) is 10.3. The van der Waals surface area contributed by atoms with E-state index in [4.69, 9.17) is 4.74 Å². The first kappa shape index (κ1) is 11.4. The first-order valence-corrected chi connectivity index (χ1v) is 6.56. The van der Waals surface area contributed by atoms with Gasteiger partial charge in [-0.25, -0.2) is 4.79 Å². The van der Waals surface area contributed by atoms with Gasteiger partial charge in [0, 0.05) is 11.8 Å². The van der Waals surface area contributed by atoms with Gasteiger partial charge in [0.2, 0.25) is 5.82 Å². The fourth-order valence-electron chi connectivity index (χ4n) is 1.87. The van der Waals surface area contributed by atoms with Crippen molar-refractivity contribution < 1.29 is 9.53 Å². The van der Waals surface area contributed by atoms with Gasteiger partial charge < -0.3 is 9.30 Å². The van der Waals surface area contributed by atoms with Gasteiger partial charge in [-0.3, -0.25) is 0 Å². The number of ether oxygens (including phenoxy) is 1. The van der Waals surface area contributed by atoms with Gasteiger partial charge in [-0.1, -0.05) is 0 Å². The lowest BCUT2D eigenvalue weighted by atomic mass is 10.2. The molecule has 0 N–H and O–H groups in total. The summed E-state index contributed by atoms with van der Waals surface area (Å²) >= 11 is 1.89. The second-order valence-corrected chi connectivity index (χ2v) is 4.83. The summed E-state index contributed by atoms with van der Waals surface area (Å²) in [7, 11) is 0. The highest BCUT2D eigenvalue weighted by atomic mass is 32.2. The van der Waals surface area contributed by atoms with Crippen molar-refractivity contribution in [2.24, 2.45) is 0 Å². The molecule has 1 atom stereocenters. The van der Waals surface area contributed by atoms with Crippen molar-refractivity contribution in [3.05, 3.63) is 11.6 Å². The molecule has 5 nitrogen and oxygen atoms in total. The van der Waals surface area contributed by atoms with Crippen LogP contribution in [0.2, 0.25) is 0 Å². The molecule has 16 heavy (non-hydrogen) atoms. The standard InChI is InChI=1S/C10H15N3O2S/c1-3-15-10(14)9-12-11-7(2)13(9)8-4-5-16-6-8/h8H,3-6H2,1-2H3. The number of rotatable bonds is 3. The molecule has 0 spiro atoms. The zero-order valence-electron chi connectivity index (χ0n) is 9.47. The van der Waals surface area contributed by atoms with Crippen LogP contribution in [0.15, 0.2) is 0 Å². The number of nitrogens with zero attached hydrogens (tertiary/aromatic N) is 3. The lowest BCUT2D eigenvalue weighted by molar-refractivity contribution is 0.0503. The first-order chi connectivity index (χ1) is 7.74. The van der Waals surface area contributed by atoms with Gasteiger partial charge in [-0.05, 0) is 26.0 Å².